The summed E-state index contributed by atoms with van der Waals surface area (Å²) in [6.45, 7) is 2.23. The van der Waals surface area contributed by atoms with Gasteiger partial charge in [0.2, 0.25) is 11.8 Å². The molecule has 2 amide bonds. The molecule has 2 aromatic rings. The van der Waals surface area contributed by atoms with Crippen LogP contribution in [0.2, 0.25) is 0 Å². The molecule has 3 fully saturated rings. The lowest BCUT2D eigenvalue weighted by Gasteiger charge is -2.43. The summed E-state index contributed by atoms with van der Waals surface area (Å²) in [5.41, 5.74) is 2.33. The molecule has 2 N–H and O–H groups in total. The minimum Gasteiger partial charge on any atom is -0.481 e. The summed E-state index contributed by atoms with van der Waals surface area (Å²) in [5.74, 6) is -1.38. The largest absolute Gasteiger partial charge is 0.481 e. The van der Waals surface area contributed by atoms with Crippen molar-refractivity contribution in [1.82, 2.24) is 9.88 Å². The number of imide groups is 1. The van der Waals surface area contributed by atoms with Gasteiger partial charge in [0.1, 0.15) is 0 Å². The Labute approximate surface area is 198 Å². The minimum atomic E-state index is -0.919. The average molecular weight is 485 g/mol. The Morgan fingerprint density at radius 2 is 1.82 bits per heavy atom. The first kappa shape index (κ1) is 21.2. The van der Waals surface area contributed by atoms with Gasteiger partial charge in [-0.1, -0.05) is 41.2 Å². The van der Waals surface area contributed by atoms with E-state index in [1.165, 1.54) is 21.8 Å². The number of carbonyl (C=O) groups is 3. The number of fused-ring (bicyclic) bond motifs is 9. The van der Waals surface area contributed by atoms with Gasteiger partial charge < -0.3 is 10.1 Å². The fraction of sp³-hybridized carbons (Fsp3) is 0.500. The third-order valence-electron chi connectivity index (χ3n) is 8.02. The van der Waals surface area contributed by atoms with E-state index in [0.717, 1.165) is 21.9 Å². The van der Waals surface area contributed by atoms with Crippen molar-refractivity contribution in [3.63, 3.8) is 0 Å². The lowest BCUT2D eigenvalue weighted by Crippen LogP contribution is -2.42. The number of aromatic amines is 1. The predicted octanol–water partition coefficient (Wildman–Crippen LogP) is 3.08. The fourth-order valence-electron chi connectivity index (χ4n) is 6.83. The first-order valence-corrected chi connectivity index (χ1v) is 13.1. The number of benzene rings is 1. The highest BCUT2D eigenvalue weighted by Crippen LogP contribution is 2.68. The van der Waals surface area contributed by atoms with Crippen LogP contribution in [-0.4, -0.2) is 44.6 Å². The topological polar surface area (TPSA) is 108 Å². The summed E-state index contributed by atoms with van der Waals surface area (Å²) in [7, 11) is 0. The number of aliphatic carboxylic acids is 1. The van der Waals surface area contributed by atoms with Crippen LogP contribution in [0.15, 0.2) is 34.1 Å². The zero-order chi connectivity index (χ0) is 23.0. The highest BCUT2D eigenvalue weighted by molar-refractivity contribution is 8.00. The van der Waals surface area contributed by atoms with Gasteiger partial charge in [0.05, 0.1) is 16.9 Å². The number of likely N-dealkylation sites (tertiary alicyclic amines) is 1. The molecular weight excluding hydrogens is 460 g/mol. The number of aromatic nitrogens is 1. The van der Waals surface area contributed by atoms with Crippen molar-refractivity contribution in [3.05, 3.63) is 49.9 Å². The molecule has 2 aliphatic heterocycles. The molecule has 6 rings (SSSR count). The maximum atomic E-state index is 13.4. The molecule has 0 radical (unpaired) electrons. The maximum absolute atomic E-state index is 13.4. The SMILES string of the molecule is Cc1ccc(C2c3sc(=O)[nH]c3SC3C4CC(C5C(=O)N(CCCC(=O)O)C(=O)C45)[C@@H]23)cc1. The van der Waals surface area contributed by atoms with Crippen molar-refractivity contribution < 1.29 is 19.5 Å². The van der Waals surface area contributed by atoms with Gasteiger partial charge in [0.15, 0.2) is 0 Å². The van der Waals surface area contributed by atoms with E-state index in [4.69, 9.17) is 5.11 Å². The summed E-state index contributed by atoms with van der Waals surface area (Å²) in [5, 5.41) is 10.0. The number of amides is 2. The van der Waals surface area contributed by atoms with E-state index in [1.807, 2.05) is 6.92 Å². The molecule has 2 saturated carbocycles. The van der Waals surface area contributed by atoms with Crippen LogP contribution in [0.5, 0.6) is 0 Å². The van der Waals surface area contributed by atoms with Crippen LogP contribution in [0.25, 0.3) is 0 Å². The van der Waals surface area contributed by atoms with E-state index in [1.54, 1.807) is 11.8 Å². The van der Waals surface area contributed by atoms with Gasteiger partial charge in [-0.15, -0.1) is 11.8 Å². The second kappa shape index (κ2) is 7.56. The van der Waals surface area contributed by atoms with Crippen LogP contribution < -0.4 is 4.87 Å². The molecular formula is C24H24N2O5S2. The van der Waals surface area contributed by atoms with E-state index in [2.05, 4.69) is 29.2 Å². The first-order chi connectivity index (χ1) is 15.8. The number of hydrogen-bond donors (Lipinski definition) is 2. The van der Waals surface area contributed by atoms with Crippen LogP contribution in [-0.2, 0) is 14.4 Å². The number of carboxylic acids is 1. The summed E-state index contributed by atoms with van der Waals surface area (Å²) in [6.07, 6.45) is 1.09. The van der Waals surface area contributed by atoms with Crippen molar-refractivity contribution in [2.45, 2.75) is 42.4 Å². The molecule has 6 unspecified atom stereocenters. The number of aryl methyl sites for hydroxylation is 1. The number of nitrogens with one attached hydrogen (secondary N) is 1. The standard InChI is InChI=1S/C24H24N2O5S2/c1-10-4-6-11(7-5-10)15-16-12-9-13(19(16)32-21-20(15)33-24(31)25-21)18-17(12)22(29)26(23(18)30)8-2-3-14(27)28/h4-7,12-13,15-19H,2-3,8-9H2,1H3,(H,25,31)(H,27,28)/t12?,13?,15?,16-,17?,18?,19?/m0/s1. The minimum absolute atomic E-state index is 0.0377. The van der Waals surface area contributed by atoms with Gasteiger partial charge in [-0.3, -0.25) is 24.1 Å². The van der Waals surface area contributed by atoms with Gasteiger partial charge >= 0.3 is 10.8 Å². The third-order valence-corrected chi connectivity index (χ3v) is 10.6. The molecule has 3 heterocycles. The second-order valence-electron chi connectivity index (χ2n) is 9.70. The smallest absolute Gasteiger partial charge is 0.305 e. The summed E-state index contributed by atoms with van der Waals surface area (Å²) >= 11 is 2.95. The molecule has 1 aromatic heterocycles. The van der Waals surface area contributed by atoms with E-state index in [-0.39, 0.29) is 76.8 Å². The quantitative estimate of drug-likeness (QED) is 0.632. The molecule has 1 saturated heterocycles. The van der Waals surface area contributed by atoms with Crippen molar-refractivity contribution in [1.29, 1.82) is 0 Å². The van der Waals surface area contributed by atoms with Gasteiger partial charge in [-0.25, -0.2) is 0 Å². The molecule has 172 valence electrons. The van der Waals surface area contributed by atoms with Crippen molar-refractivity contribution in [3.8, 4) is 0 Å². The highest BCUT2D eigenvalue weighted by atomic mass is 32.2. The van der Waals surface area contributed by atoms with E-state index in [0.29, 0.717) is 0 Å². The second-order valence-corrected chi connectivity index (χ2v) is 11.9. The Kier molecular flexibility index (Phi) is 4.85. The lowest BCUT2D eigenvalue weighted by atomic mass is 9.68. The predicted molar refractivity (Wildman–Crippen MR) is 123 cm³/mol. The Morgan fingerprint density at radius 1 is 1.12 bits per heavy atom. The number of rotatable bonds is 5. The Balaban J connectivity index is 1.37. The summed E-state index contributed by atoms with van der Waals surface area (Å²) in [4.78, 5) is 55.1. The molecule has 4 aliphatic rings. The number of carbonyl (C=O) groups excluding carboxylic acids is 2. The Morgan fingerprint density at radius 3 is 2.52 bits per heavy atom. The molecule has 7 nitrogen and oxygen atoms in total. The van der Waals surface area contributed by atoms with Gasteiger partial charge in [-0.05, 0) is 43.1 Å². The normalized spacial score (nSPS) is 33.8. The fourth-order valence-corrected chi connectivity index (χ4v) is 9.72. The summed E-state index contributed by atoms with van der Waals surface area (Å²) < 4.78 is 0. The van der Waals surface area contributed by atoms with Crippen molar-refractivity contribution in [2.24, 2.45) is 29.6 Å². The van der Waals surface area contributed by atoms with Crippen LogP contribution in [0.4, 0.5) is 0 Å². The molecule has 1 aromatic carbocycles. The number of carboxylic acid groups (broad SMARTS) is 1. The summed E-state index contributed by atoms with van der Waals surface area (Å²) in [6, 6.07) is 8.44. The Hall–Kier alpha value is -2.39. The number of nitrogens with zero attached hydrogens (tertiary/aromatic N) is 1. The van der Waals surface area contributed by atoms with Crippen molar-refractivity contribution >= 4 is 40.9 Å². The number of thioether (sulfide) groups is 1. The molecule has 7 atom stereocenters. The number of H-pyrrole nitrogens is 1. The van der Waals surface area contributed by atoms with Crippen LogP contribution in [0, 0.1) is 36.5 Å². The molecule has 2 bridgehead atoms. The zero-order valence-corrected chi connectivity index (χ0v) is 19.7. The maximum Gasteiger partial charge on any atom is 0.305 e. The van der Waals surface area contributed by atoms with Gasteiger partial charge in [0, 0.05) is 29.0 Å². The molecule has 0 spiro atoms. The van der Waals surface area contributed by atoms with Gasteiger partial charge in [0.25, 0.3) is 0 Å². The van der Waals surface area contributed by atoms with E-state index < -0.39 is 5.97 Å². The average Bonchev–Trinajstić information content (AvgIpc) is 3.49. The molecule has 9 heteroatoms. The van der Waals surface area contributed by atoms with Gasteiger partial charge in [-0.2, -0.15) is 0 Å². The molecule has 33 heavy (non-hydrogen) atoms. The highest BCUT2D eigenvalue weighted by Gasteiger charge is 2.69. The number of hydrogen-bond acceptors (Lipinski definition) is 6. The zero-order valence-electron chi connectivity index (χ0n) is 18.0. The number of thiazole rings is 1. The lowest BCUT2D eigenvalue weighted by molar-refractivity contribution is -0.142. The Bertz CT molecular complexity index is 1220. The van der Waals surface area contributed by atoms with E-state index in [9.17, 15) is 19.2 Å². The van der Waals surface area contributed by atoms with Crippen LogP contribution in [0.1, 0.15) is 41.2 Å². The van der Waals surface area contributed by atoms with Crippen molar-refractivity contribution in [2.75, 3.05) is 6.54 Å². The first-order valence-electron chi connectivity index (χ1n) is 11.4. The molecule has 2 aliphatic carbocycles. The third kappa shape index (κ3) is 3.08. The van der Waals surface area contributed by atoms with Crippen LogP contribution in [0.3, 0.4) is 0 Å². The monoisotopic (exact) mass is 484 g/mol. The van der Waals surface area contributed by atoms with Crippen LogP contribution >= 0.6 is 23.1 Å². The van der Waals surface area contributed by atoms with E-state index >= 15 is 0 Å².